The Balaban J connectivity index is 3.38. The molecule has 0 heterocycles. The second kappa shape index (κ2) is 2.93. The lowest BCUT2D eigenvalue weighted by Gasteiger charge is -2.27. The molecule has 0 amide bonds. The van der Waals surface area contributed by atoms with Crippen LogP contribution in [-0.4, -0.2) is 26.7 Å². The lowest BCUT2D eigenvalue weighted by atomic mass is 10.2. The largest absolute Gasteiger partial charge is 0.286 e. The van der Waals surface area contributed by atoms with Crippen LogP contribution in [0.1, 0.15) is 0 Å². The van der Waals surface area contributed by atoms with Crippen molar-refractivity contribution in [3.63, 3.8) is 0 Å². The zero-order valence-electron chi connectivity index (χ0n) is 5.98. The summed E-state index contributed by atoms with van der Waals surface area (Å²) in [6.07, 6.45) is -3.55. The lowest BCUT2D eigenvalue weighted by Crippen LogP contribution is -2.48. The monoisotopic (exact) mass is 296 g/mol. The molecule has 1 aliphatic rings. The molecular weight excluding hydrogens is 297 g/mol. The van der Waals surface area contributed by atoms with Gasteiger partial charge < -0.3 is 0 Å². The molecule has 9 heteroatoms. The number of hydrogen-bond acceptors (Lipinski definition) is 0. The first-order chi connectivity index (χ1) is 5.90. The molecule has 0 aromatic heterocycles. The van der Waals surface area contributed by atoms with Crippen LogP contribution in [-0.2, 0) is 0 Å². The molecule has 0 spiro atoms. The Labute approximate surface area is 95.2 Å². The van der Waals surface area contributed by atoms with E-state index in [1.54, 1.807) is 0 Å². The summed E-state index contributed by atoms with van der Waals surface area (Å²) in [4.78, 5) is 0. The Morgan fingerprint density at radius 1 is 0.714 bits per heavy atom. The highest BCUT2D eigenvalue weighted by atomic mass is 35.5. The van der Waals surface area contributed by atoms with Gasteiger partial charge in [0.25, 0.3) is 20.5 Å². The van der Waals surface area contributed by atoms with Crippen molar-refractivity contribution < 1.29 is 22.0 Å². The van der Waals surface area contributed by atoms with Crippen LogP contribution in [0.4, 0.5) is 22.0 Å². The van der Waals surface area contributed by atoms with Crippen molar-refractivity contribution in [3.05, 3.63) is 0 Å². The van der Waals surface area contributed by atoms with Crippen LogP contribution in [0, 0.1) is 0 Å². The summed E-state index contributed by atoms with van der Waals surface area (Å²) in [5, 5.41) is -17.0. The van der Waals surface area contributed by atoms with E-state index in [9.17, 15) is 22.0 Å². The molecule has 0 saturated heterocycles. The van der Waals surface area contributed by atoms with Crippen LogP contribution in [0.3, 0.4) is 0 Å². The molecule has 1 saturated carbocycles. The van der Waals surface area contributed by atoms with Gasteiger partial charge in [0.2, 0.25) is 6.17 Å². The maximum atomic E-state index is 13.1. The number of hydrogen-bond donors (Lipinski definition) is 0. The van der Waals surface area contributed by atoms with Gasteiger partial charge in [0.1, 0.15) is 0 Å². The molecule has 1 unspecified atom stereocenters. The van der Waals surface area contributed by atoms with Crippen molar-refractivity contribution in [2.45, 2.75) is 26.7 Å². The van der Waals surface area contributed by atoms with Crippen molar-refractivity contribution in [2.24, 2.45) is 0 Å². The van der Waals surface area contributed by atoms with Crippen molar-refractivity contribution in [3.8, 4) is 0 Å². The van der Waals surface area contributed by atoms with E-state index in [0.29, 0.717) is 0 Å². The van der Waals surface area contributed by atoms with Gasteiger partial charge in [0, 0.05) is 0 Å². The standard InChI is InChI=1S/C5HCl4F5/c6-2(11)1(10)3(7,12)5(9,14)4(2,8)13/h1H/t1?,2-,3+,4-,5-/m1/s1. The van der Waals surface area contributed by atoms with E-state index < -0.39 is 26.7 Å². The maximum absolute atomic E-state index is 13.1. The molecule has 5 atom stereocenters. The zero-order chi connectivity index (χ0) is 11.6. The zero-order valence-corrected chi connectivity index (χ0v) is 9.00. The predicted octanol–water partition coefficient (Wildman–Crippen LogP) is 3.96. The minimum atomic E-state index is -4.32. The normalized spacial score (nSPS) is 64.5. The van der Waals surface area contributed by atoms with Gasteiger partial charge >= 0.3 is 0 Å². The van der Waals surface area contributed by atoms with Crippen LogP contribution in [0.15, 0.2) is 0 Å². The van der Waals surface area contributed by atoms with E-state index in [1.165, 1.54) is 0 Å². The summed E-state index contributed by atoms with van der Waals surface area (Å²) >= 11 is 18.3. The van der Waals surface area contributed by atoms with Gasteiger partial charge in [-0.3, -0.25) is 0 Å². The first-order valence-corrected chi connectivity index (χ1v) is 4.57. The fraction of sp³-hybridized carbons (Fsp3) is 1.00. The molecule has 1 aliphatic carbocycles. The molecule has 1 fully saturated rings. The van der Waals surface area contributed by atoms with E-state index in [0.717, 1.165) is 0 Å². The van der Waals surface area contributed by atoms with Gasteiger partial charge in [-0.25, -0.2) is 22.0 Å². The first kappa shape index (κ1) is 12.9. The Bertz CT molecular complexity index is 237. The van der Waals surface area contributed by atoms with Crippen LogP contribution in [0.25, 0.3) is 0 Å². The Kier molecular flexibility index (Phi) is 2.70. The van der Waals surface area contributed by atoms with Crippen LogP contribution >= 0.6 is 46.4 Å². The maximum Gasteiger partial charge on any atom is 0.286 e. The molecule has 0 nitrogen and oxygen atoms in total. The minimum Gasteiger partial charge on any atom is -0.237 e. The average Bonchev–Trinajstić information content (AvgIpc) is 2.05. The fourth-order valence-corrected chi connectivity index (χ4v) is 2.14. The minimum absolute atomic E-state index is 3.55. The summed E-state index contributed by atoms with van der Waals surface area (Å²) in [6.45, 7) is 0. The Hall–Kier alpha value is 0.810. The molecule has 0 aliphatic heterocycles. The van der Waals surface area contributed by atoms with Crippen molar-refractivity contribution in [1.29, 1.82) is 0 Å². The van der Waals surface area contributed by atoms with Gasteiger partial charge in [0.15, 0.2) is 0 Å². The third kappa shape index (κ3) is 1.13. The van der Waals surface area contributed by atoms with Gasteiger partial charge in [-0.1, -0.05) is 46.4 Å². The van der Waals surface area contributed by atoms with Crippen molar-refractivity contribution in [2.75, 3.05) is 0 Å². The number of alkyl halides is 9. The number of rotatable bonds is 0. The average molecular weight is 298 g/mol. The van der Waals surface area contributed by atoms with E-state index >= 15 is 0 Å². The van der Waals surface area contributed by atoms with E-state index in [4.69, 9.17) is 0 Å². The molecule has 1 rings (SSSR count). The van der Waals surface area contributed by atoms with E-state index in [1.807, 2.05) is 0 Å². The SMILES string of the molecule is FC1[C@](F)(Cl)[C@](F)(Cl)[C@@](F)(Cl)[C@]1(F)Cl. The van der Waals surface area contributed by atoms with Crippen LogP contribution < -0.4 is 0 Å². The van der Waals surface area contributed by atoms with E-state index in [2.05, 4.69) is 46.4 Å². The van der Waals surface area contributed by atoms with Crippen molar-refractivity contribution in [1.82, 2.24) is 0 Å². The number of halogens is 9. The van der Waals surface area contributed by atoms with Gasteiger partial charge in [-0.2, -0.15) is 0 Å². The van der Waals surface area contributed by atoms with Crippen molar-refractivity contribution >= 4 is 46.4 Å². The molecule has 0 N–H and O–H groups in total. The first-order valence-electron chi connectivity index (χ1n) is 3.06. The quantitative estimate of drug-likeness (QED) is 0.469. The molecular formula is C5HCl4F5. The molecule has 0 bridgehead atoms. The third-order valence-electron chi connectivity index (χ3n) is 1.87. The molecule has 14 heavy (non-hydrogen) atoms. The third-order valence-corrected chi connectivity index (χ3v) is 4.13. The van der Waals surface area contributed by atoms with Gasteiger partial charge in [-0.05, 0) is 0 Å². The Morgan fingerprint density at radius 3 is 1.00 bits per heavy atom. The summed E-state index contributed by atoms with van der Waals surface area (Å²) in [6, 6.07) is 0. The highest BCUT2D eigenvalue weighted by molar-refractivity contribution is 6.44. The fourth-order valence-electron chi connectivity index (χ4n) is 0.965. The van der Waals surface area contributed by atoms with Gasteiger partial charge in [-0.15, -0.1) is 0 Å². The second-order valence-electron chi connectivity index (χ2n) is 2.76. The molecule has 0 aromatic rings. The summed E-state index contributed by atoms with van der Waals surface area (Å²) in [5.74, 6) is 0. The lowest BCUT2D eigenvalue weighted by molar-refractivity contribution is 0.0223. The summed E-state index contributed by atoms with van der Waals surface area (Å²) in [5.41, 5.74) is 0. The van der Waals surface area contributed by atoms with Crippen LogP contribution in [0.2, 0.25) is 0 Å². The molecule has 0 aromatic carbocycles. The Morgan fingerprint density at radius 2 is 0.929 bits per heavy atom. The van der Waals surface area contributed by atoms with Crippen LogP contribution in [0.5, 0.6) is 0 Å². The summed E-state index contributed by atoms with van der Waals surface area (Å²) < 4.78 is 65.0. The smallest absolute Gasteiger partial charge is 0.237 e. The summed E-state index contributed by atoms with van der Waals surface area (Å²) in [7, 11) is 0. The topological polar surface area (TPSA) is 0 Å². The molecule has 84 valence electrons. The highest BCUT2D eigenvalue weighted by Crippen LogP contribution is 2.67. The predicted molar refractivity (Wildman–Crippen MR) is 43.7 cm³/mol. The van der Waals surface area contributed by atoms with E-state index in [-0.39, 0.29) is 0 Å². The second-order valence-corrected chi connectivity index (χ2v) is 4.90. The highest BCUT2D eigenvalue weighted by Gasteiger charge is 2.88. The van der Waals surface area contributed by atoms with Gasteiger partial charge in [0.05, 0.1) is 0 Å². The molecule has 0 radical (unpaired) electrons.